The maximum atomic E-state index is 15.6. The maximum absolute atomic E-state index is 15.6. The second-order valence-corrected chi connectivity index (χ2v) is 23.1. The molecule has 0 spiro atoms. The minimum Gasteiger partial charge on any atom is -0.310 e. The molecule has 0 radical (unpaired) electrons. The molecule has 2 unspecified atom stereocenters. The van der Waals surface area contributed by atoms with Crippen molar-refractivity contribution in [2.45, 2.75) is 38.5 Å². The molecule has 414 valence electrons. The second kappa shape index (κ2) is 21.3. The molecule has 0 aromatic heterocycles. The lowest BCUT2D eigenvalue weighted by atomic mass is 9.66. The Morgan fingerprint density at radius 1 is 0.302 bits per heavy atom. The highest BCUT2D eigenvalue weighted by molar-refractivity contribution is 5.92. The summed E-state index contributed by atoms with van der Waals surface area (Å²) < 4.78 is 31.1. The zero-order valence-electron chi connectivity index (χ0n) is 48.6. The fourth-order valence-electron chi connectivity index (χ4n) is 14.1. The molecule has 12 aromatic rings. The number of rotatable bonds is 13. The highest BCUT2D eigenvalue weighted by Gasteiger charge is 2.49. The van der Waals surface area contributed by atoms with E-state index in [1.54, 1.807) is 24.3 Å². The molecular formula is C82H62F2N2. The summed E-state index contributed by atoms with van der Waals surface area (Å²) in [6.45, 7) is 16.9. The molecule has 0 saturated carbocycles. The van der Waals surface area contributed by atoms with E-state index in [0.717, 1.165) is 78.4 Å². The predicted octanol–water partition coefficient (Wildman–Crippen LogP) is 21.8. The van der Waals surface area contributed by atoms with Crippen molar-refractivity contribution < 1.29 is 8.78 Å². The highest BCUT2D eigenvalue weighted by atomic mass is 19.1. The van der Waals surface area contributed by atoms with Gasteiger partial charge >= 0.3 is 0 Å². The van der Waals surface area contributed by atoms with Gasteiger partial charge < -0.3 is 9.80 Å². The van der Waals surface area contributed by atoms with Crippen LogP contribution in [0.5, 0.6) is 0 Å². The summed E-state index contributed by atoms with van der Waals surface area (Å²) in [7, 11) is 0. The molecule has 2 atom stereocenters. The summed E-state index contributed by atoms with van der Waals surface area (Å²) in [4.78, 5) is 4.32. The van der Waals surface area contributed by atoms with Crippen molar-refractivity contribution in [1.82, 2.24) is 0 Å². The smallest absolute Gasteiger partial charge is 0.125 e. The average Bonchev–Trinajstić information content (AvgIpc) is 1.54. The zero-order valence-corrected chi connectivity index (χ0v) is 48.6. The van der Waals surface area contributed by atoms with Gasteiger partial charge in [-0.3, -0.25) is 0 Å². The number of anilines is 6. The van der Waals surface area contributed by atoms with Crippen LogP contribution in [0.15, 0.2) is 280 Å². The van der Waals surface area contributed by atoms with E-state index in [1.807, 2.05) is 24.3 Å². The first-order chi connectivity index (χ1) is 42.0. The van der Waals surface area contributed by atoms with Gasteiger partial charge in [-0.25, -0.2) is 8.78 Å². The summed E-state index contributed by atoms with van der Waals surface area (Å²) in [5.74, 6) is -0.636. The Morgan fingerprint density at radius 2 is 0.663 bits per heavy atom. The van der Waals surface area contributed by atoms with Crippen LogP contribution < -0.4 is 9.80 Å². The molecule has 0 N–H and O–H groups in total. The summed E-state index contributed by atoms with van der Waals surface area (Å²) in [6, 6.07) is 92.9. The first kappa shape index (κ1) is 53.6. The van der Waals surface area contributed by atoms with Crippen LogP contribution in [0.25, 0.3) is 45.5 Å². The number of nitrogens with zero attached hydrogens (tertiary/aromatic N) is 2. The Labute approximate surface area is 503 Å². The molecule has 0 fully saturated rings. The van der Waals surface area contributed by atoms with Crippen LogP contribution in [0.1, 0.15) is 77.9 Å². The van der Waals surface area contributed by atoms with E-state index in [4.69, 9.17) is 0 Å². The largest absolute Gasteiger partial charge is 0.310 e. The number of fused-ring (bicyclic) bond motifs is 6. The van der Waals surface area contributed by atoms with Gasteiger partial charge in [-0.15, -0.1) is 0 Å². The van der Waals surface area contributed by atoms with Crippen molar-refractivity contribution in [3.8, 4) is 33.4 Å². The monoisotopic (exact) mass is 1110 g/mol. The van der Waals surface area contributed by atoms with E-state index in [-0.39, 0.29) is 11.6 Å². The van der Waals surface area contributed by atoms with Crippen molar-refractivity contribution >= 4 is 46.3 Å². The first-order valence-electron chi connectivity index (χ1n) is 29.4. The van der Waals surface area contributed by atoms with E-state index < -0.39 is 10.8 Å². The molecule has 0 saturated heterocycles. The summed E-state index contributed by atoms with van der Waals surface area (Å²) >= 11 is 0. The fourth-order valence-corrected chi connectivity index (χ4v) is 14.1. The third-order valence-corrected chi connectivity index (χ3v) is 18.0. The van der Waals surface area contributed by atoms with Crippen LogP contribution in [0.4, 0.5) is 42.9 Å². The fraction of sp³-hybridized carbons (Fsp3) is 0.0732. The quantitative estimate of drug-likeness (QED) is 0.114. The third kappa shape index (κ3) is 8.66. The molecule has 12 aromatic carbocycles. The van der Waals surface area contributed by atoms with E-state index in [2.05, 4.69) is 269 Å². The van der Waals surface area contributed by atoms with Crippen LogP contribution in [-0.4, -0.2) is 0 Å². The first-order valence-corrected chi connectivity index (χ1v) is 29.4. The second-order valence-electron chi connectivity index (χ2n) is 23.1. The van der Waals surface area contributed by atoms with Gasteiger partial charge in [0.15, 0.2) is 0 Å². The molecule has 4 heteroatoms. The Kier molecular flexibility index (Phi) is 13.3. The lowest BCUT2D eigenvalue weighted by Crippen LogP contribution is -2.30. The zero-order chi connectivity index (χ0) is 58.8. The van der Waals surface area contributed by atoms with Gasteiger partial charge in [0.1, 0.15) is 11.6 Å². The highest BCUT2D eigenvalue weighted by Crippen LogP contribution is 2.60. The molecule has 0 heterocycles. The molecule has 2 nitrogen and oxygen atoms in total. The number of halogens is 2. The Morgan fingerprint density at radius 3 is 1.05 bits per heavy atom. The maximum Gasteiger partial charge on any atom is 0.125 e. The number of hydrogen-bond acceptors (Lipinski definition) is 2. The van der Waals surface area contributed by atoms with Gasteiger partial charge in [0, 0.05) is 34.1 Å². The normalized spacial score (nSPS) is 15.3. The Bertz CT molecular complexity index is 4340. The predicted molar refractivity (Wildman–Crippen MR) is 355 cm³/mol. The van der Waals surface area contributed by atoms with Crippen molar-refractivity contribution in [2.24, 2.45) is 0 Å². The summed E-state index contributed by atoms with van der Waals surface area (Å²) in [5, 5.41) is 0. The van der Waals surface area contributed by atoms with Crippen LogP contribution in [-0.2, 0) is 10.8 Å². The number of aryl methyl sites for hydroxylation is 4. The number of benzene rings is 12. The minimum absolute atomic E-state index is 0.318. The lowest BCUT2D eigenvalue weighted by molar-refractivity contribution is 0.627. The van der Waals surface area contributed by atoms with Gasteiger partial charge in [0.25, 0.3) is 0 Å². The SMILES string of the molecule is C=Cc1ccc(C2(c3cc(C)ccc3C)c3ccccc3-c3ccc(N(c4ccc(-c5ccc(N(c6cccc(F)c6)c6ccc7c(c6)C(c6ccc(C=C)cc6)(c6cc(C)ccc6C)c6ccccc6-7)cc5)cc4)c4cccc(F)c4)cc32)cc1. The summed E-state index contributed by atoms with van der Waals surface area (Å²) in [5.41, 5.74) is 26.7. The van der Waals surface area contributed by atoms with E-state index in [9.17, 15) is 0 Å². The minimum atomic E-state index is -0.665. The van der Waals surface area contributed by atoms with E-state index >= 15 is 8.78 Å². The standard InChI is InChI=1S/C82H62F2N2/c1-7-57-27-35-61(36-28-57)81(77-47-53(3)23-25-55(77)5)75-21-11-9-19-71(75)73-45-43-69(51-79(73)81)85(67-17-13-15-63(83)49-67)65-39-31-59(32-40-65)60-33-41-66(42-34-60)86(68-18-14-16-64(84)50-68)70-44-46-74-72-20-10-12-22-76(72)82(80(74)52-70,62-37-29-58(8-2)30-38-62)78-48-54(4)24-26-56(78)6/h7-52H,1-2H2,3-6H3. The van der Waals surface area contributed by atoms with Gasteiger partial charge in [-0.2, -0.15) is 0 Å². The van der Waals surface area contributed by atoms with Crippen LogP contribution in [0, 0.1) is 39.3 Å². The van der Waals surface area contributed by atoms with Gasteiger partial charge in [0.2, 0.25) is 0 Å². The molecule has 14 rings (SSSR count). The van der Waals surface area contributed by atoms with Crippen molar-refractivity contribution in [1.29, 1.82) is 0 Å². The van der Waals surface area contributed by atoms with Crippen LogP contribution in [0.2, 0.25) is 0 Å². The molecule has 2 aliphatic rings. The van der Waals surface area contributed by atoms with Gasteiger partial charge in [0.05, 0.1) is 10.8 Å². The summed E-state index contributed by atoms with van der Waals surface area (Å²) in [6.07, 6.45) is 3.78. The van der Waals surface area contributed by atoms with Gasteiger partial charge in [-0.05, 0) is 213 Å². The molecule has 86 heavy (non-hydrogen) atoms. The molecule has 0 amide bonds. The van der Waals surface area contributed by atoms with Crippen molar-refractivity contribution in [2.75, 3.05) is 9.80 Å². The van der Waals surface area contributed by atoms with Crippen molar-refractivity contribution in [3.63, 3.8) is 0 Å². The van der Waals surface area contributed by atoms with E-state index in [0.29, 0.717) is 11.4 Å². The Hall–Kier alpha value is -10.4. The molecular weight excluding hydrogens is 1050 g/mol. The van der Waals surface area contributed by atoms with Crippen LogP contribution in [0.3, 0.4) is 0 Å². The Balaban J connectivity index is 0.871. The lowest BCUT2D eigenvalue weighted by Gasteiger charge is -2.36. The average molecular weight is 1110 g/mol. The molecule has 0 aliphatic heterocycles. The van der Waals surface area contributed by atoms with Crippen molar-refractivity contribution in [3.05, 3.63) is 370 Å². The topological polar surface area (TPSA) is 6.48 Å². The number of hydrogen-bond donors (Lipinski definition) is 0. The van der Waals surface area contributed by atoms with Gasteiger partial charge in [-0.1, -0.05) is 218 Å². The van der Waals surface area contributed by atoms with Crippen LogP contribution >= 0.6 is 0 Å². The molecule has 0 bridgehead atoms. The molecule has 2 aliphatic carbocycles. The third-order valence-electron chi connectivity index (χ3n) is 18.0. The van der Waals surface area contributed by atoms with E-state index in [1.165, 1.54) is 67.8 Å².